The number of amides is 3. The Balaban J connectivity index is 0.00000182. The van der Waals surface area contributed by atoms with Crippen LogP contribution in [0.5, 0.6) is 5.75 Å². The largest absolute Gasteiger partial charge is 0.415 e. The Morgan fingerprint density at radius 2 is 1.59 bits per heavy atom. The highest BCUT2D eigenvalue weighted by molar-refractivity contribution is 6.15. The Hall–Kier alpha value is -5.06. The minimum absolute atomic E-state index is 0.181. The number of piperazine rings is 1. The van der Waals surface area contributed by atoms with Crippen molar-refractivity contribution in [2.75, 3.05) is 62.1 Å². The molecule has 0 unspecified atom stereocenters. The molecule has 1 saturated heterocycles. The lowest BCUT2D eigenvalue weighted by atomic mass is 10.0. The number of benzene rings is 4. The van der Waals surface area contributed by atoms with Gasteiger partial charge >= 0.3 is 6.09 Å². The van der Waals surface area contributed by atoms with Crippen LogP contribution in [0.2, 0.25) is 0 Å². The normalized spacial score (nSPS) is 14.5. The van der Waals surface area contributed by atoms with Crippen molar-refractivity contribution >= 4 is 68.2 Å². The van der Waals surface area contributed by atoms with Gasteiger partial charge in [0.25, 0.3) is 11.8 Å². The number of hydrogen-bond acceptors (Lipinski definition) is 6. The van der Waals surface area contributed by atoms with Crippen molar-refractivity contribution in [1.29, 1.82) is 0 Å². The zero-order valence-electron chi connectivity index (χ0n) is 25.7. The first-order valence-corrected chi connectivity index (χ1v) is 15.8. The molecule has 11 heteroatoms. The van der Waals surface area contributed by atoms with Crippen LogP contribution in [0.25, 0.3) is 21.7 Å². The molecule has 0 radical (unpaired) electrons. The first-order chi connectivity index (χ1) is 22.3. The van der Waals surface area contributed by atoms with E-state index in [1.54, 1.807) is 46.2 Å². The topological polar surface area (TPSA) is 124 Å². The molecule has 1 fully saturated rings. The lowest BCUT2D eigenvalue weighted by Crippen LogP contribution is -2.48. The fourth-order valence-electron chi connectivity index (χ4n) is 5.99. The number of H-pyrrole nitrogens is 1. The number of aromatic nitrogens is 1. The lowest BCUT2D eigenvalue weighted by molar-refractivity contribution is 0.0984. The van der Waals surface area contributed by atoms with Crippen molar-refractivity contribution in [3.05, 3.63) is 95.7 Å². The number of alkyl halides is 1. The van der Waals surface area contributed by atoms with Crippen molar-refractivity contribution in [1.82, 2.24) is 14.8 Å². The number of hydrogen-bond donors (Lipinski definition) is 3. The van der Waals surface area contributed by atoms with Gasteiger partial charge in [-0.3, -0.25) is 9.59 Å². The van der Waals surface area contributed by atoms with Gasteiger partial charge in [-0.2, -0.15) is 0 Å². The van der Waals surface area contributed by atoms with Crippen molar-refractivity contribution in [3.8, 4) is 5.75 Å². The number of nitrogens with zero attached hydrogens (tertiary/aromatic N) is 3. The average molecular weight is 639 g/mol. The number of fused-ring (bicyclic) bond motifs is 4. The SMILES string of the molecule is CCl.CN1CCN(C(=O)Oc2cc3c(c4ccccc24)CCN3C(=O)c2cc3cc(NC(=O)c4ccc(N)cc4)ccc3[nH]2)CC1. The third kappa shape index (κ3) is 6.09. The van der Waals surface area contributed by atoms with Crippen molar-refractivity contribution < 1.29 is 19.1 Å². The second-order valence-corrected chi connectivity index (χ2v) is 11.3. The van der Waals surface area contributed by atoms with E-state index in [0.717, 1.165) is 46.0 Å². The zero-order valence-corrected chi connectivity index (χ0v) is 26.4. The summed E-state index contributed by atoms with van der Waals surface area (Å²) in [7, 11) is 2.04. The predicted molar refractivity (Wildman–Crippen MR) is 183 cm³/mol. The third-order valence-electron chi connectivity index (χ3n) is 8.46. The molecule has 0 saturated carbocycles. The van der Waals surface area contributed by atoms with E-state index in [4.69, 9.17) is 10.5 Å². The van der Waals surface area contributed by atoms with Gasteiger partial charge < -0.3 is 35.5 Å². The molecule has 7 rings (SSSR count). The van der Waals surface area contributed by atoms with Gasteiger partial charge in [0.2, 0.25) is 0 Å². The molecule has 3 heterocycles. The predicted octanol–water partition coefficient (Wildman–Crippen LogP) is 5.96. The number of nitrogen functional groups attached to an aromatic ring is 1. The van der Waals surface area contributed by atoms with E-state index in [1.165, 1.54) is 6.38 Å². The van der Waals surface area contributed by atoms with E-state index in [0.29, 0.717) is 54.4 Å². The van der Waals surface area contributed by atoms with Crippen LogP contribution in [0.15, 0.2) is 78.9 Å². The van der Waals surface area contributed by atoms with Gasteiger partial charge in [-0.05, 0) is 72.9 Å². The number of carbonyl (C=O) groups is 3. The second kappa shape index (κ2) is 13.1. The summed E-state index contributed by atoms with van der Waals surface area (Å²) in [4.78, 5) is 48.6. The fraction of sp³-hybridized carbons (Fsp3) is 0.229. The quantitative estimate of drug-likeness (QED) is 0.165. The Labute approximate surface area is 271 Å². The minimum atomic E-state index is -0.381. The molecule has 10 nitrogen and oxygen atoms in total. The first-order valence-electron chi connectivity index (χ1n) is 15.0. The van der Waals surface area contributed by atoms with Gasteiger partial charge in [0, 0.05) is 78.4 Å². The van der Waals surface area contributed by atoms with Crippen LogP contribution >= 0.6 is 11.6 Å². The molecule has 0 atom stereocenters. The van der Waals surface area contributed by atoms with Crippen LogP contribution in [-0.4, -0.2) is 78.8 Å². The highest BCUT2D eigenvalue weighted by Crippen LogP contribution is 2.41. The van der Waals surface area contributed by atoms with Crippen LogP contribution in [0, 0.1) is 0 Å². The number of ether oxygens (including phenoxy) is 1. The summed E-state index contributed by atoms with van der Waals surface area (Å²) in [6.07, 6.45) is 1.78. The van der Waals surface area contributed by atoms with E-state index in [1.807, 2.05) is 49.5 Å². The summed E-state index contributed by atoms with van der Waals surface area (Å²) in [6.45, 7) is 3.31. The lowest BCUT2D eigenvalue weighted by Gasteiger charge is -2.31. The second-order valence-electron chi connectivity index (χ2n) is 11.3. The number of nitrogens with two attached hydrogens (primary N) is 1. The van der Waals surface area contributed by atoms with Crippen LogP contribution in [0.3, 0.4) is 0 Å². The smallest absolute Gasteiger partial charge is 0.409 e. The summed E-state index contributed by atoms with van der Waals surface area (Å²) in [6, 6.07) is 23.6. The highest BCUT2D eigenvalue weighted by atomic mass is 35.5. The molecule has 0 spiro atoms. The van der Waals surface area contributed by atoms with Crippen LogP contribution < -0.4 is 20.7 Å². The standard InChI is InChI=1S/C34H32N6O4.CH3Cl/c1-38-14-16-39(17-15-38)34(43)44-31-20-30-26(25-4-2-3-5-27(25)31)12-13-40(30)33(42)29-19-22-18-24(10-11-28(22)37-29)36-32(41)21-6-8-23(35)9-7-21;1-2/h2-11,18-20,37H,12-17,35H2,1H3,(H,36,41);1H3. The maximum atomic E-state index is 13.9. The van der Waals surface area contributed by atoms with Gasteiger partial charge in [-0.1, -0.05) is 24.3 Å². The average Bonchev–Trinajstić information content (AvgIpc) is 3.70. The van der Waals surface area contributed by atoms with Crippen molar-refractivity contribution in [2.24, 2.45) is 0 Å². The highest BCUT2D eigenvalue weighted by Gasteiger charge is 2.30. The number of likely N-dealkylation sites (N-methyl/N-ethyl adjacent to an activating group) is 1. The van der Waals surface area contributed by atoms with E-state index >= 15 is 0 Å². The molecule has 2 aliphatic heterocycles. The Morgan fingerprint density at radius 1 is 0.870 bits per heavy atom. The third-order valence-corrected chi connectivity index (χ3v) is 8.46. The van der Waals surface area contributed by atoms with Gasteiger partial charge in [0.1, 0.15) is 11.4 Å². The summed E-state index contributed by atoms with van der Waals surface area (Å²) in [5.41, 5.74) is 10.4. The molecule has 0 bridgehead atoms. The molecule has 46 heavy (non-hydrogen) atoms. The molecule has 4 N–H and O–H groups in total. The Kier molecular flexibility index (Phi) is 8.83. The van der Waals surface area contributed by atoms with Crippen molar-refractivity contribution in [3.63, 3.8) is 0 Å². The monoisotopic (exact) mass is 638 g/mol. The van der Waals surface area contributed by atoms with Gasteiger partial charge in [-0.15, -0.1) is 11.6 Å². The van der Waals surface area contributed by atoms with Gasteiger partial charge in [0.15, 0.2) is 0 Å². The summed E-state index contributed by atoms with van der Waals surface area (Å²) in [5.74, 6) is 0.0151. The molecule has 1 aromatic heterocycles. The summed E-state index contributed by atoms with van der Waals surface area (Å²) < 4.78 is 5.97. The number of aromatic amines is 1. The van der Waals surface area contributed by atoms with Gasteiger partial charge in [-0.25, -0.2) is 4.79 Å². The molecule has 5 aromatic rings. The maximum Gasteiger partial charge on any atom is 0.415 e. The first kappa shape index (κ1) is 30.9. The van der Waals surface area contributed by atoms with Crippen LogP contribution in [-0.2, 0) is 6.42 Å². The zero-order chi connectivity index (χ0) is 32.4. The van der Waals surface area contributed by atoms with Crippen LogP contribution in [0.4, 0.5) is 21.9 Å². The van der Waals surface area contributed by atoms with Gasteiger partial charge in [0.05, 0.1) is 5.69 Å². The van der Waals surface area contributed by atoms with Crippen LogP contribution in [0.1, 0.15) is 26.4 Å². The van der Waals surface area contributed by atoms with E-state index in [2.05, 4.69) is 26.8 Å². The molecule has 4 aromatic carbocycles. The summed E-state index contributed by atoms with van der Waals surface area (Å²) >= 11 is 4.64. The Morgan fingerprint density at radius 3 is 2.33 bits per heavy atom. The minimum Gasteiger partial charge on any atom is -0.409 e. The summed E-state index contributed by atoms with van der Waals surface area (Å²) in [5, 5.41) is 5.52. The fourth-order valence-corrected chi connectivity index (χ4v) is 5.99. The van der Waals surface area contributed by atoms with E-state index in [-0.39, 0.29) is 17.9 Å². The number of nitrogens with one attached hydrogen (secondary N) is 2. The molecule has 0 aliphatic carbocycles. The molecular formula is C35H35ClN6O4. The van der Waals surface area contributed by atoms with E-state index in [9.17, 15) is 14.4 Å². The van der Waals surface area contributed by atoms with Crippen molar-refractivity contribution in [2.45, 2.75) is 6.42 Å². The molecule has 2 aliphatic rings. The number of halogens is 1. The molecule has 236 valence electrons. The molecule has 3 amide bonds. The molecular weight excluding hydrogens is 604 g/mol. The number of carbonyl (C=O) groups excluding carboxylic acids is 3. The van der Waals surface area contributed by atoms with E-state index < -0.39 is 0 Å². The number of rotatable bonds is 4. The Bertz CT molecular complexity index is 1930. The maximum absolute atomic E-state index is 13.9. The number of anilines is 3.